The van der Waals surface area contributed by atoms with Gasteiger partial charge < -0.3 is 0 Å². The Labute approximate surface area is 210 Å². The van der Waals surface area contributed by atoms with Crippen LogP contribution >= 0.6 is 0 Å². The molecule has 0 amide bonds. The van der Waals surface area contributed by atoms with Gasteiger partial charge in [-0.2, -0.15) is 0 Å². The van der Waals surface area contributed by atoms with E-state index in [-0.39, 0.29) is 30.7 Å². The second kappa shape index (κ2) is 9.86. The number of nitrogens with zero attached hydrogens (tertiary/aromatic N) is 2. The van der Waals surface area contributed by atoms with Crippen LogP contribution in [0.5, 0.6) is 0 Å². The molecule has 0 bridgehead atoms. The molecule has 37 heavy (non-hydrogen) atoms. The number of rotatable bonds is 4. The summed E-state index contributed by atoms with van der Waals surface area (Å²) in [5.74, 6) is -4.45. The van der Waals surface area contributed by atoms with Crippen LogP contribution in [0, 0.1) is 23.3 Å². The van der Waals surface area contributed by atoms with E-state index >= 15 is 0 Å². The Bertz CT molecular complexity index is 1340. The van der Waals surface area contributed by atoms with Crippen molar-refractivity contribution in [1.29, 1.82) is 0 Å². The van der Waals surface area contributed by atoms with Crippen LogP contribution < -0.4 is 8.15 Å². The van der Waals surface area contributed by atoms with Crippen molar-refractivity contribution < 1.29 is 61.6 Å². The molecule has 0 saturated heterocycles. The minimum atomic E-state index is -4.72. The first-order valence-corrected chi connectivity index (χ1v) is 12.3. The quantitative estimate of drug-likeness (QED) is 0.229. The molecule has 0 aliphatic carbocycles. The first kappa shape index (κ1) is 26.7. The number of benzene rings is 2. The Morgan fingerprint density at radius 2 is 0.919 bits per heavy atom. The summed E-state index contributed by atoms with van der Waals surface area (Å²) in [6.07, 6.45) is -8.51. The third kappa shape index (κ3) is 5.83. The third-order valence-corrected chi connectivity index (χ3v) is 8.03. The zero-order chi connectivity index (χ0) is 27.1. The van der Waals surface area contributed by atoms with E-state index < -0.39 is 64.4 Å². The van der Waals surface area contributed by atoms with E-state index in [0.29, 0.717) is 36.7 Å². The molecule has 2 nitrogen and oxygen atoms in total. The molecular formula is C24H10F10IrN2+. The zero-order valence-electron chi connectivity index (χ0n) is 17.8. The Kier molecular flexibility index (Phi) is 7.13. The zero-order valence-corrected chi connectivity index (χ0v) is 20.2. The van der Waals surface area contributed by atoms with Gasteiger partial charge in [-0.25, -0.2) is 0 Å². The van der Waals surface area contributed by atoms with Crippen LogP contribution in [-0.2, 0) is 30.0 Å². The molecule has 2 aromatic carbocycles. The summed E-state index contributed by atoms with van der Waals surface area (Å²) in [5.41, 5.74) is -3.53. The summed E-state index contributed by atoms with van der Waals surface area (Å²) in [6, 6.07) is 5.74. The van der Waals surface area contributed by atoms with Crippen LogP contribution in [0.3, 0.4) is 0 Å². The summed E-state index contributed by atoms with van der Waals surface area (Å²) >= 11 is -2.06. The summed E-state index contributed by atoms with van der Waals surface area (Å²) in [6.45, 7) is 0. The molecule has 0 unspecified atom stereocenters. The van der Waals surface area contributed by atoms with Crippen LogP contribution in [0.25, 0.3) is 22.5 Å². The van der Waals surface area contributed by atoms with Crippen LogP contribution in [0.1, 0.15) is 11.1 Å². The molecule has 0 fully saturated rings. The van der Waals surface area contributed by atoms with Gasteiger partial charge in [0.05, 0.1) is 0 Å². The fourth-order valence-electron chi connectivity index (χ4n) is 3.19. The van der Waals surface area contributed by atoms with Crippen LogP contribution in [0.15, 0.2) is 60.9 Å². The summed E-state index contributed by atoms with van der Waals surface area (Å²) in [4.78, 5) is 7.25. The van der Waals surface area contributed by atoms with Crippen LogP contribution in [-0.4, -0.2) is 9.97 Å². The second-order valence-electron chi connectivity index (χ2n) is 7.38. The van der Waals surface area contributed by atoms with Crippen molar-refractivity contribution >= 4 is 8.15 Å². The maximum atomic E-state index is 14.8. The Morgan fingerprint density at radius 3 is 1.22 bits per heavy atom. The fraction of sp³-hybridized carbons (Fsp3) is 0.0833. The molecule has 0 aliphatic heterocycles. The van der Waals surface area contributed by atoms with Gasteiger partial charge in [0.1, 0.15) is 0 Å². The minimum absolute atomic E-state index is 0.108. The van der Waals surface area contributed by atoms with Gasteiger partial charge in [-0.1, -0.05) is 0 Å². The molecule has 0 atom stereocenters. The predicted octanol–water partition coefficient (Wildman–Crippen LogP) is 6.44. The molecule has 2 aromatic heterocycles. The number of hydrogen-bond acceptors (Lipinski definition) is 2. The van der Waals surface area contributed by atoms with Crippen molar-refractivity contribution in [2.24, 2.45) is 0 Å². The van der Waals surface area contributed by atoms with Crippen molar-refractivity contribution in [2.45, 2.75) is 12.4 Å². The van der Waals surface area contributed by atoms with E-state index in [4.69, 9.17) is 0 Å². The molecule has 194 valence electrons. The van der Waals surface area contributed by atoms with Gasteiger partial charge in [0.25, 0.3) is 0 Å². The molecule has 4 rings (SSSR count). The van der Waals surface area contributed by atoms with Gasteiger partial charge >= 0.3 is 210 Å². The second-order valence-corrected chi connectivity index (χ2v) is 10.6. The van der Waals surface area contributed by atoms with E-state index in [9.17, 15) is 43.9 Å². The predicted molar refractivity (Wildman–Crippen MR) is 108 cm³/mol. The monoisotopic (exact) mass is 709 g/mol. The van der Waals surface area contributed by atoms with E-state index in [1.54, 1.807) is 0 Å². The molecule has 13 heteroatoms. The average Bonchev–Trinajstić information content (AvgIpc) is 2.77. The van der Waals surface area contributed by atoms with Gasteiger partial charge in [-0.05, 0) is 0 Å². The van der Waals surface area contributed by atoms with Crippen molar-refractivity contribution in [2.75, 3.05) is 0 Å². The number of alkyl halides is 6. The van der Waals surface area contributed by atoms with E-state index in [2.05, 4.69) is 9.97 Å². The molecular weight excluding hydrogens is 698 g/mol. The summed E-state index contributed by atoms with van der Waals surface area (Å²) < 4.78 is 135. The summed E-state index contributed by atoms with van der Waals surface area (Å²) in [5, 5.41) is 0. The SMILES string of the molecule is Fc1cc(F)c(-c2ccc(C(F)(F)F)cn2)[c]([Ir+][c]2cc(F)cc(F)c2-c2ccc(C(F)(F)F)cn2)c1. The topological polar surface area (TPSA) is 25.8 Å². The van der Waals surface area contributed by atoms with E-state index in [0.717, 1.165) is 24.3 Å². The van der Waals surface area contributed by atoms with Crippen molar-refractivity contribution in [3.63, 3.8) is 0 Å². The van der Waals surface area contributed by atoms with Crippen molar-refractivity contribution in [3.05, 3.63) is 95.3 Å². The van der Waals surface area contributed by atoms with Gasteiger partial charge in [-0.15, -0.1) is 0 Å². The van der Waals surface area contributed by atoms with Gasteiger partial charge in [0.15, 0.2) is 0 Å². The Balaban J connectivity index is 1.83. The number of halogens is 10. The van der Waals surface area contributed by atoms with Crippen molar-refractivity contribution in [3.8, 4) is 22.5 Å². The molecule has 0 radical (unpaired) electrons. The van der Waals surface area contributed by atoms with Crippen LogP contribution in [0.4, 0.5) is 43.9 Å². The van der Waals surface area contributed by atoms with Crippen LogP contribution in [0.2, 0.25) is 0 Å². The molecule has 2 heterocycles. The first-order valence-electron chi connectivity index (χ1n) is 9.89. The first-order chi connectivity index (χ1) is 17.2. The Hall–Kier alpha value is -3.31. The number of hydrogen-bond donors (Lipinski definition) is 0. The van der Waals surface area contributed by atoms with Gasteiger partial charge in [-0.3, -0.25) is 0 Å². The van der Waals surface area contributed by atoms with Crippen molar-refractivity contribution in [1.82, 2.24) is 9.97 Å². The van der Waals surface area contributed by atoms with Gasteiger partial charge in [0, 0.05) is 0 Å². The molecule has 0 aliphatic rings. The van der Waals surface area contributed by atoms with E-state index in [1.165, 1.54) is 0 Å². The molecule has 0 spiro atoms. The summed E-state index contributed by atoms with van der Waals surface area (Å²) in [7, 11) is 0. The Morgan fingerprint density at radius 1 is 0.541 bits per heavy atom. The van der Waals surface area contributed by atoms with E-state index in [1.807, 2.05) is 0 Å². The average molecular weight is 709 g/mol. The third-order valence-electron chi connectivity index (χ3n) is 4.85. The fourth-order valence-corrected chi connectivity index (χ4v) is 6.67. The normalized spacial score (nSPS) is 12.3. The van der Waals surface area contributed by atoms with Gasteiger partial charge in [0.2, 0.25) is 0 Å². The number of pyridine rings is 2. The molecule has 4 aromatic rings. The number of aromatic nitrogens is 2. The maximum absolute atomic E-state index is 14.8. The molecule has 0 N–H and O–H groups in total. The molecule has 0 saturated carbocycles. The standard InChI is InChI=1S/2C12H5F5N.Ir/c2*13-8-2-3-9(10(14)5-8)11-4-1-7(6-18-11)12(15,16)17;/h2*1-2,4-6H;/q;;+1.